The molecular formula is C37H46N6O6S. The fraction of sp³-hybridized carbons (Fsp3) is 0.432. The van der Waals surface area contributed by atoms with Gasteiger partial charge in [-0.25, -0.2) is 0 Å². The standard InChI is InChI=1S/C37H46N6O6S/c1-23(44)39-27-15-13-24-21-31(47-2)35(48-3)36(49-4)34(24)25-14-16-28(30(45)22-26(25)27)38-18-9-6-7-12-33(46)40-29(17-20-50-5)37-42-41-32-11-8-10-19-43(32)37/h8,10-11,14,16,19,21-22,27,29H,6-7,9,12-13,15,17-18,20H2,1-5H3,(H,38,45)(H,39,44)(H,40,46). The molecule has 1 aliphatic carbocycles. The Bertz CT molecular complexity index is 1880. The first kappa shape index (κ1) is 36.5. The number of nitrogens with zero attached hydrogens (tertiary/aromatic N) is 3. The van der Waals surface area contributed by atoms with Crippen molar-refractivity contribution in [2.24, 2.45) is 0 Å². The molecule has 2 unspecified atom stereocenters. The lowest BCUT2D eigenvalue weighted by atomic mass is 9.95. The number of aryl methyl sites for hydroxylation is 1. The second-order valence-electron chi connectivity index (χ2n) is 12.2. The van der Waals surface area contributed by atoms with Gasteiger partial charge in [0.1, 0.15) is 0 Å². The number of rotatable bonds is 16. The van der Waals surface area contributed by atoms with Gasteiger partial charge in [-0.05, 0) is 91.1 Å². The summed E-state index contributed by atoms with van der Waals surface area (Å²) in [6.07, 6.45) is 8.63. The highest BCUT2D eigenvalue weighted by atomic mass is 32.2. The minimum absolute atomic E-state index is 0.0196. The largest absolute Gasteiger partial charge is 0.493 e. The zero-order chi connectivity index (χ0) is 35.6. The molecule has 2 aromatic heterocycles. The van der Waals surface area contributed by atoms with Crippen molar-refractivity contribution in [3.8, 4) is 28.4 Å². The molecule has 0 bridgehead atoms. The third-order valence-corrected chi connectivity index (χ3v) is 9.55. The number of benzene rings is 1. The van der Waals surface area contributed by atoms with E-state index in [-0.39, 0.29) is 29.3 Å². The van der Waals surface area contributed by atoms with Crippen molar-refractivity contribution >= 4 is 34.9 Å². The maximum Gasteiger partial charge on any atom is 0.220 e. The van der Waals surface area contributed by atoms with Crippen molar-refractivity contribution < 1.29 is 23.8 Å². The van der Waals surface area contributed by atoms with Gasteiger partial charge in [-0.2, -0.15) is 11.8 Å². The maximum absolute atomic E-state index is 13.6. The molecule has 2 heterocycles. The Morgan fingerprint density at radius 1 is 1.02 bits per heavy atom. The molecule has 2 amide bonds. The second kappa shape index (κ2) is 17.2. The quantitative estimate of drug-likeness (QED) is 0.128. The number of nitrogens with one attached hydrogen (secondary N) is 3. The third-order valence-electron chi connectivity index (χ3n) is 8.91. The molecule has 0 aliphatic heterocycles. The zero-order valence-electron chi connectivity index (χ0n) is 29.3. The summed E-state index contributed by atoms with van der Waals surface area (Å²) in [7, 11) is 4.72. The van der Waals surface area contributed by atoms with Crippen LogP contribution in [-0.2, 0) is 16.0 Å². The van der Waals surface area contributed by atoms with Crippen LogP contribution in [0.3, 0.4) is 0 Å². The van der Waals surface area contributed by atoms with E-state index >= 15 is 0 Å². The molecule has 0 spiro atoms. The fourth-order valence-electron chi connectivity index (χ4n) is 6.53. The van der Waals surface area contributed by atoms with Gasteiger partial charge in [0, 0.05) is 31.6 Å². The SMILES string of the molecule is COc1cc2c(c(OC)c1OC)-c1ccc(NCCCCCC(=O)NC(CCSC)c3nnc4ccccn34)c(=O)cc1C(NC(C)=O)CC2. The number of hydrogen-bond acceptors (Lipinski definition) is 10. The molecule has 0 saturated carbocycles. The van der Waals surface area contributed by atoms with E-state index in [1.165, 1.54) is 6.92 Å². The van der Waals surface area contributed by atoms with Crippen LogP contribution < -0.4 is 35.6 Å². The summed E-state index contributed by atoms with van der Waals surface area (Å²) in [6, 6.07) is 12.4. The monoisotopic (exact) mass is 702 g/mol. The average molecular weight is 703 g/mol. The van der Waals surface area contributed by atoms with Gasteiger partial charge in [-0.3, -0.25) is 18.8 Å². The Kier molecular flexibility index (Phi) is 12.6. The van der Waals surface area contributed by atoms with Crippen LogP contribution in [0.2, 0.25) is 0 Å². The summed E-state index contributed by atoms with van der Waals surface area (Å²) in [5.41, 5.74) is 4.29. The molecule has 1 aliphatic rings. The molecule has 3 N–H and O–H groups in total. The van der Waals surface area contributed by atoms with Crippen molar-refractivity contribution in [1.29, 1.82) is 0 Å². The number of methoxy groups -OCH3 is 3. The molecule has 0 fully saturated rings. The molecule has 266 valence electrons. The zero-order valence-corrected chi connectivity index (χ0v) is 30.2. The Morgan fingerprint density at radius 3 is 2.58 bits per heavy atom. The lowest BCUT2D eigenvalue weighted by molar-refractivity contribution is -0.122. The van der Waals surface area contributed by atoms with Crippen molar-refractivity contribution in [3.05, 3.63) is 75.8 Å². The molecule has 0 saturated heterocycles. The highest BCUT2D eigenvalue weighted by molar-refractivity contribution is 7.98. The van der Waals surface area contributed by atoms with E-state index in [1.54, 1.807) is 45.2 Å². The van der Waals surface area contributed by atoms with E-state index in [4.69, 9.17) is 14.2 Å². The van der Waals surface area contributed by atoms with Crippen LogP contribution in [0.1, 0.15) is 74.5 Å². The van der Waals surface area contributed by atoms with Gasteiger partial charge in [0.15, 0.2) is 23.0 Å². The molecule has 2 aromatic carbocycles. The van der Waals surface area contributed by atoms with E-state index in [0.717, 1.165) is 53.2 Å². The third kappa shape index (κ3) is 8.32. The predicted molar refractivity (Wildman–Crippen MR) is 197 cm³/mol. The topological polar surface area (TPSA) is 145 Å². The van der Waals surface area contributed by atoms with Crippen LogP contribution in [0.5, 0.6) is 17.2 Å². The highest BCUT2D eigenvalue weighted by Gasteiger charge is 2.29. The molecular weight excluding hydrogens is 657 g/mol. The first-order valence-electron chi connectivity index (χ1n) is 16.9. The summed E-state index contributed by atoms with van der Waals surface area (Å²) in [4.78, 5) is 38.8. The smallest absolute Gasteiger partial charge is 0.220 e. The van der Waals surface area contributed by atoms with Crippen LogP contribution >= 0.6 is 11.8 Å². The fourth-order valence-corrected chi connectivity index (χ4v) is 7.00. The van der Waals surface area contributed by atoms with Crippen molar-refractivity contribution in [3.63, 3.8) is 0 Å². The lowest BCUT2D eigenvalue weighted by Crippen LogP contribution is -2.30. The number of unbranched alkanes of at least 4 members (excludes halogenated alkanes) is 2. The van der Waals surface area contributed by atoms with E-state index in [2.05, 4.69) is 26.1 Å². The molecule has 12 nitrogen and oxygen atoms in total. The van der Waals surface area contributed by atoms with Crippen LogP contribution in [0.4, 0.5) is 5.69 Å². The second-order valence-corrected chi connectivity index (χ2v) is 13.2. The number of fused-ring (bicyclic) bond motifs is 4. The number of carbonyl (C=O) groups excluding carboxylic acids is 2. The van der Waals surface area contributed by atoms with Gasteiger partial charge >= 0.3 is 0 Å². The summed E-state index contributed by atoms with van der Waals surface area (Å²) >= 11 is 1.73. The van der Waals surface area contributed by atoms with E-state index in [9.17, 15) is 14.4 Å². The summed E-state index contributed by atoms with van der Waals surface area (Å²) in [5, 5.41) is 18.1. The number of amides is 2. The van der Waals surface area contributed by atoms with Crippen LogP contribution in [0, 0.1) is 0 Å². The summed E-state index contributed by atoms with van der Waals surface area (Å²) in [6.45, 7) is 2.04. The number of pyridine rings is 1. The number of thioether (sulfide) groups is 1. The molecule has 4 aromatic rings. The van der Waals surface area contributed by atoms with Crippen LogP contribution in [0.15, 0.2) is 53.5 Å². The lowest BCUT2D eigenvalue weighted by Gasteiger charge is -2.19. The Hall–Kier alpha value is -4.78. The summed E-state index contributed by atoms with van der Waals surface area (Å²) in [5.74, 6) is 2.94. The van der Waals surface area contributed by atoms with Gasteiger partial charge in [0.05, 0.1) is 39.1 Å². The van der Waals surface area contributed by atoms with Crippen molar-refractivity contribution in [1.82, 2.24) is 25.2 Å². The molecule has 2 atom stereocenters. The van der Waals surface area contributed by atoms with Gasteiger partial charge in [-0.15, -0.1) is 10.2 Å². The predicted octanol–water partition coefficient (Wildman–Crippen LogP) is 5.49. The Labute approximate surface area is 296 Å². The summed E-state index contributed by atoms with van der Waals surface area (Å²) < 4.78 is 19.1. The van der Waals surface area contributed by atoms with E-state index in [0.29, 0.717) is 60.7 Å². The van der Waals surface area contributed by atoms with Crippen LogP contribution in [0.25, 0.3) is 16.8 Å². The highest BCUT2D eigenvalue weighted by Crippen LogP contribution is 2.50. The Balaban J connectivity index is 1.25. The van der Waals surface area contributed by atoms with E-state index in [1.807, 2.05) is 47.2 Å². The van der Waals surface area contributed by atoms with Gasteiger partial charge < -0.3 is 30.2 Å². The maximum atomic E-state index is 13.6. The van der Waals surface area contributed by atoms with Gasteiger partial charge in [-0.1, -0.05) is 18.6 Å². The molecule has 5 rings (SSSR count). The van der Waals surface area contributed by atoms with Gasteiger partial charge in [0.2, 0.25) is 23.0 Å². The normalized spacial score (nSPS) is 14.1. The minimum Gasteiger partial charge on any atom is -0.493 e. The van der Waals surface area contributed by atoms with Gasteiger partial charge in [0.25, 0.3) is 0 Å². The molecule has 13 heteroatoms. The number of ether oxygens (including phenoxy) is 3. The van der Waals surface area contributed by atoms with Crippen molar-refractivity contribution in [2.75, 3.05) is 45.2 Å². The minimum atomic E-state index is -0.375. The number of carbonyl (C=O) groups is 2. The van der Waals surface area contributed by atoms with E-state index < -0.39 is 0 Å². The first-order valence-corrected chi connectivity index (χ1v) is 18.3. The number of aromatic nitrogens is 3. The Morgan fingerprint density at radius 2 is 1.84 bits per heavy atom. The molecule has 50 heavy (non-hydrogen) atoms. The number of anilines is 1. The number of hydrogen-bond donors (Lipinski definition) is 3. The van der Waals surface area contributed by atoms with Crippen LogP contribution in [-0.4, -0.2) is 66.3 Å². The average Bonchev–Trinajstić information content (AvgIpc) is 3.41. The first-order chi connectivity index (χ1) is 24.3. The molecule has 0 radical (unpaired) electrons. The van der Waals surface area contributed by atoms with Crippen molar-refractivity contribution in [2.45, 2.75) is 64.0 Å².